The molecule has 0 bridgehead atoms. The maximum Gasteiger partial charge on any atom is 0.338 e. The van der Waals surface area contributed by atoms with Crippen LogP contribution in [0.15, 0.2) is 18.2 Å². The predicted molar refractivity (Wildman–Crippen MR) is 74.1 cm³/mol. The molecule has 0 aliphatic heterocycles. The van der Waals surface area contributed by atoms with Gasteiger partial charge in [0.15, 0.2) is 6.61 Å². The van der Waals surface area contributed by atoms with Crippen molar-refractivity contribution in [3.8, 4) is 0 Å². The number of ether oxygens (including phenoxy) is 1. The van der Waals surface area contributed by atoms with E-state index in [-0.39, 0.29) is 18.6 Å². The van der Waals surface area contributed by atoms with Crippen molar-refractivity contribution >= 4 is 11.9 Å². The highest BCUT2D eigenvalue weighted by atomic mass is 16.5. The number of hydrogen-bond donors (Lipinski definition) is 1. The molecule has 0 aliphatic carbocycles. The smallest absolute Gasteiger partial charge is 0.338 e. The van der Waals surface area contributed by atoms with Crippen LogP contribution in [0.1, 0.15) is 41.8 Å². The summed E-state index contributed by atoms with van der Waals surface area (Å²) in [4.78, 5) is 23.4. The summed E-state index contributed by atoms with van der Waals surface area (Å²) in [5.74, 6) is -0.728. The van der Waals surface area contributed by atoms with Crippen molar-refractivity contribution in [2.45, 2.75) is 40.2 Å². The fraction of sp³-hybridized carbons (Fsp3) is 0.467. The van der Waals surface area contributed by atoms with Crippen LogP contribution in [0.25, 0.3) is 0 Å². The van der Waals surface area contributed by atoms with Crippen LogP contribution in [-0.2, 0) is 9.53 Å². The van der Waals surface area contributed by atoms with Crippen LogP contribution in [0.3, 0.4) is 0 Å². The summed E-state index contributed by atoms with van der Waals surface area (Å²) in [6, 6.07) is 5.66. The van der Waals surface area contributed by atoms with Crippen molar-refractivity contribution < 1.29 is 14.3 Å². The number of amides is 1. The SMILES string of the molecule is CCC(C)NC(=O)COC(=O)c1cc(C)ccc1C. The average Bonchev–Trinajstić information content (AvgIpc) is 2.38. The summed E-state index contributed by atoms with van der Waals surface area (Å²) in [5.41, 5.74) is 2.34. The van der Waals surface area contributed by atoms with E-state index < -0.39 is 5.97 Å². The maximum atomic E-state index is 11.9. The van der Waals surface area contributed by atoms with Gasteiger partial charge in [0.2, 0.25) is 0 Å². The van der Waals surface area contributed by atoms with Crippen LogP contribution in [0.5, 0.6) is 0 Å². The van der Waals surface area contributed by atoms with E-state index >= 15 is 0 Å². The lowest BCUT2D eigenvalue weighted by Crippen LogP contribution is -2.35. The molecule has 104 valence electrons. The molecule has 1 amide bonds. The topological polar surface area (TPSA) is 55.4 Å². The summed E-state index contributed by atoms with van der Waals surface area (Å²) in [7, 11) is 0. The van der Waals surface area contributed by atoms with Crippen LogP contribution in [0.4, 0.5) is 0 Å². The molecule has 4 nitrogen and oxygen atoms in total. The van der Waals surface area contributed by atoms with E-state index in [2.05, 4.69) is 5.32 Å². The van der Waals surface area contributed by atoms with Gasteiger partial charge in [0.05, 0.1) is 5.56 Å². The molecule has 1 N–H and O–H groups in total. The Labute approximate surface area is 114 Å². The lowest BCUT2D eigenvalue weighted by molar-refractivity contribution is -0.124. The molecule has 0 aliphatic rings. The first-order valence-corrected chi connectivity index (χ1v) is 6.47. The van der Waals surface area contributed by atoms with E-state index in [0.717, 1.165) is 17.5 Å². The van der Waals surface area contributed by atoms with Gasteiger partial charge in [0.1, 0.15) is 0 Å². The minimum Gasteiger partial charge on any atom is -0.452 e. The second kappa shape index (κ2) is 6.92. The monoisotopic (exact) mass is 263 g/mol. The average molecular weight is 263 g/mol. The minimum atomic E-state index is -0.458. The maximum absolute atomic E-state index is 11.9. The number of benzene rings is 1. The number of esters is 1. The van der Waals surface area contributed by atoms with Gasteiger partial charge in [0, 0.05) is 6.04 Å². The number of aryl methyl sites for hydroxylation is 2. The Hall–Kier alpha value is -1.84. The molecule has 0 saturated carbocycles. The fourth-order valence-corrected chi connectivity index (χ4v) is 1.58. The Morgan fingerprint density at radius 2 is 2.00 bits per heavy atom. The fourth-order valence-electron chi connectivity index (χ4n) is 1.58. The Balaban J connectivity index is 2.56. The number of nitrogens with one attached hydrogen (secondary N) is 1. The second-order valence-electron chi connectivity index (χ2n) is 4.77. The second-order valence-corrected chi connectivity index (χ2v) is 4.77. The van der Waals surface area contributed by atoms with Crippen molar-refractivity contribution in [1.29, 1.82) is 0 Å². The highest BCUT2D eigenvalue weighted by Crippen LogP contribution is 2.11. The highest BCUT2D eigenvalue weighted by molar-refractivity contribution is 5.92. The van der Waals surface area contributed by atoms with Crippen molar-refractivity contribution in [2.24, 2.45) is 0 Å². The summed E-state index contributed by atoms with van der Waals surface area (Å²) >= 11 is 0. The van der Waals surface area contributed by atoms with Crippen LogP contribution in [0.2, 0.25) is 0 Å². The summed E-state index contributed by atoms with van der Waals surface area (Å²) in [5, 5.41) is 2.75. The molecule has 0 spiro atoms. The van der Waals surface area contributed by atoms with Gasteiger partial charge in [-0.15, -0.1) is 0 Å². The third kappa shape index (κ3) is 4.73. The van der Waals surface area contributed by atoms with Crippen LogP contribution >= 0.6 is 0 Å². The Bertz CT molecular complexity index is 468. The summed E-state index contributed by atoms with van der Waals surface area (Å²) < 4.78 is 5.02. The lowest BCUT2D eigenvalue weighted by atomic mass is 10.1. The van der Waals surface area contributed by atoms with Gasteiger partial charge < -0.3 is 10.1 Å². The van der Waals surface area contributed by atoms with Crippen LogP contribution in [-0.4, -0.2) is 24.5 Å². The molecule has 0 saturated heterocycles. The Kier molecular flexibility index (Phi) is 5.55. The van der Waals surface area contributed by atoms with Gasteiger partial charge in [-0.25, -0.2) is 4.79 Å². The molecule has 1 rings (SSSR count). The first kappa shape index (κ1) is 15.2. The van der Waals surface area contributed by atoms with Gasteiger partial charge in [-0.1, -0.05) is 24.6 Å². The molecule has 1 aromatic rings. The first-order chi connectivity index (χ1) is 8.93. The molecule has 4 heteroatoms. The molecular formula is C15H21NO3. The van der Waals surface area contributed by atoms with Crippen molar-refractivity contribution in [2.75, 3.05) is 6.61 Å². The van der Waals surface area contributed by atoms with E-state index in [1.165, 1.54) is 0 Å². The molecule has 0 heterocycles. The van der Waals surface area contributed by atoms with E-state index in [0.29, 0.717) is 5.56 Å². The van der Waals surface area contributed by atoms with Crippen LogP contribution < -0.4 is 5.32 Å². The molecular weight excluding hydrogens is 242 g/mol. The molecule has 1 atom stereocenters. The molecule has 19 heavy (non-hydrogen) atoms. The van der Waals surface area contributed by atoms with Gasteiger partial charge in [0.25, 0.3) is 5.91 Å². The molecule has 0 radical (unpaired) electrons. The lowest BCUT2D eigenvalue weighted by Gasteiger charge is -2.12. The zero-order valence-corrected chi connectivity index (χ0v) is 11.9. The zero-order valence-electron chi connectivity index (χ0n) is 11.9. The third-order valence-corrected chi connectivity index (χ3v) is 2.97. The van der Waals surface area contributed by atoms with Crippen LogP contribution in [0, 0.1) is 13.8 Å². The van der Waals surface area contributed by atoms with E-state index in [1.807, 2.05) is 39.8 Å². The molecule has 1 aromatic carbocycles. The van der Waals surface area contributed by atoms with Gasteiger partial charge in [-0.2, -0.15) is 0 Å². The van der Waals surface area contributed by atoms with Gasteiger partial charge in [-0.05, 0) is 38.8 Å². The molecule has 0 fully saturated rings. The van der Waals surface area contributed by atoms with Crippen molar-refractivity contribution in [3.05, 3.63) is 34.9 Å². The Morgan fingerprint density at radius 3 is 2.63 bits per heavy atom. The molecule has 1 unspecified atom stereocenters. The van der Waals surface area contributed by atoms with E-state index in [9.17, 15) is 9.59 Å². The third-order valence-electron chi connectivity index (χ3n) is 2.97. The number of carbonyl (C=O) groups is 2. The number of hydrogen-bond acceptors (Lipinski definition) is 3. The quantitative estimate of drug-likeness (QED) is 0.830. The normalized spacial score (nSPS) is 11.8. The zero-order chi connectivity index (χ0) is 14.4. The number of carbonyl (C=O) groups excluding carboxylic acids is 2. The largest absolute Gasteiger partial charge is 0.452 e. The minimum absolute atomic E-state index is 0.0897. The van der Waals surface area contributed by atoms with Crippen molar-refractivity contribution in [3.63, 3.8) is 0 Å². The van der Waals surface area contributed by atoms with E-state index in [1.54, 1.807) is 6.07 Å². The number of rotatable bonds is 5. The van der Waals surface area contributed by atoms with Crippen molar-refractivity contribution in [1.82, 2.24) is 5.32 Å². The van der Waals surface area contributed by atoms with Gasteiger partial charge >= 0.3 is 5.97 Å². The first-order valence-electron chi connectivity index (χ1n) is 6.47. The van der Waals surface area contributed by atoms with Gasteiger partial charge in [-0.3, -0.25) is 4.79 Å². The Morgan fingerprint density at radius 1 is 1.32 bits per heavy atom. The molecule has 0 aromatic heterocycles. The summed E-state index contributed by atoms with van der Waals surface area (Å²) in [6.07, 6.45) is 0.844. The predicted octanol–water partition coefficient (Wildman–Crippen LogP) is 2.37. The highest BCUT2D eigenvalue weighted by Gasteiger charge is 2.13. The van der Waals surface area contributed by atoms with E-state index in [4.69, 9.17) is 4.74 Å². The summed E-state index contributed by atoms with van der Waals surface area (Å²) in [6.45, 7) is 7.40. The standard InChI is InChI=1S/C15H21NO3/c1-5-12(4)16-14(17)9-19-15(18)13-8-10(2)6-7-11(13)3/h6-8,12H,5,9H2,1-4H3,(H,16,17).